The summed E-state index contributed by atoms with van der Waals surface area (Å²) in [5.74, 6) is -0.0956. The lowest BCUT2D eigenvalue weighted by Gasteiger charge is -2.09. The first-order chi connectivity index (χ1) is 9.70. The van der Waals surface area contributed by atoms with Gasteiger partial charge < -0.3 is 10.6 Å². The van der Waals surface area contributed by atoms with E-state index in [1.165, 1.54) is 11.0 Å². The minimum absolute atomic E-state index is 0.0956. The number of carbonyl (C=O) groups excluding carboxylic acids is 1. The van der Waals surface area contributed by atoms with Gasteiger partial charge in [-0.05, 0) is 35.2 Å². The van der Waals surface area contributed by atoms with Gasteiger partial charge >= 0.3 is 0 Å². The summed E-state index contributed by atoms with van der Waals surface area (Å²) in [6.07, 6.45) is 1.86. The third-order valence-electron chi connectivity index (χ3n) is 2.62. The Morgan fingerprint density at radius 3 is 3.00 bits per heavy atom. The minimum Gasteiger partial charge on any atom is -0.325 e. The highest BCUT2D eigenvalue weighted by Crippen LogP contribution is 2.24. The van der Waals surface area contributed by atoms with Crippen LogP contribution in [0.4, 0.5) is 5.69 Å². The number of rotatable bonds is 6. The second kappa shape index (κ2) is 6.97. The van der Waals surface area contributed by atoms with E-state index in [9.17, 15) is 4.79 Å². The summed E-state index contributed by atoms with van der Waals surface area (Å²) in [6.45, 7) is 3.46. The summed E-state index contributed by atoms with van der Waals surface area (Å²) in [5.41, 5.74) is 1.27. The van der Waals surface area contributed by atoms with Gasteiger partial charge in [-0.15, -0.1) is 5.10 Å². The van der Waals surface area contributed by atoms with Gasteiger partial charge in [-0.3, -0.25) is 4.79 Å². The molecule has 1 heterocycles. The smallest absolute Gasteiger partial charge is 0.225 e. The first-order valence-corrected chi connectivity index (χ1v) is 6.62. The molecule has 0 aliphatic heterocycles. The number of tetrazole rings is 1. The highest BCUT2D eigenvalue weighted by molar-refractivity contribution is 6.33. The summed E-state index contributed by atoms with van der Waals surface area (Å²) in [5, 5.41) is 17.3. The fourth-order valence-corrected chi connectivity index (χ4v) is 1.79. The van der Waals surface area contributed by atoms with Crippen LogP contribution in [0.2, 0.25) is 5.02 Å². The molecule has 2 rings (SSSR count). The lowest BCUT2D eigenvalue weighted by atomic mass is 10.2. The van der Waals surface area contributed by atoms with Crippen molar-refractivity contribution in [2.45, 2.75) is 13.3 Å². The van der Waals surface area contributed by atoms with Crippen LogP contribution in [0.5, 0.6) is 0 Å². The van der Waals surface area contributed by atoms with Crippen LogP contribution in [0.15, 0.2) is 24.5 Å². The van der Waals surface area contributed by atoms with E-state index in [0.29, 0.717) is 23.7 Å². The van der Waals surface area contributed by atoms with Gasteiger partial charge in [-0.2, -0.15) is 0 Å². The van der Waals surface area contributed by atoms with Crippen LogP contribution in [0, 0.1) is 0 Å². The van der Waals surface area contributed by atoms with Gasteiger partial charge in [-0.1, -0.05) is 18.5 Å². The molecule has 0 atom stereocenters. The first kappa shape index (κ1) is 14.4. The van der Waals surface area contributed by atoms with Crippen molar-refractivity contribution in [2.24, 2.45) is 0 Å². The largest absolute Gasteiger partial charge is 0.325 e. The summed E-state index contributed by atoms with van der Waals surface area (Å²) in [4.78, 5) is 11.8. The molecule has 0 spiro atoms. The van der Waals surface area contributed by atoms with Gasteiger partial charge in [-0.25, -0.2) is 4.68 Å². The molecule has 0 fully saturated rings. The van der Waals surface area contributed by atoms with Crippen LogP contribution in [0.25, 0.3) is 5.69 Å². The van der Waals surface area contributed by atoms with Crippen LogP contribution in [0.3, 0.4) is 0 Å². The predicted octanol–water partition coefficient (Wildman–Crippen LogP) is 1.25. The number of aromatic nitrogens is 4. The molecule has 8 heteroatoms. The maximum atomic E-state index is 11.8. The van der Waals surface area contributed by atoms with E-state index in [-0.39, 0.29) is 5.91 Å². The van der Waals surface area contributed by atoms with E-state index in [1.807, 2.05) is 6.92 Å². The Hall–Kier alpha value is -1.99. The van der Waals surface area contributed by atoms with Crippen LogP contribution in [-0.4, -0.2) is 39.2 Å². The Morgan fingerprint density at radius 1 is 1.45 bits per heavy atom. The molecule has 0 radical (unpaired) electrons. The van der Waals surface area contributed by atoms with Gasteiger partial charge in [0.1, 0.15) is 6.33 Å². The molecule has 0 saturated carbocycles. The Morgan fingerprint density at radius 2 is 2.30 bits per heavy atom. The van der Waals surface area contributed by atoms with Gasteiger partial charge in [0.25, 0.3) is 0 Å². The lowest BCUT2D eigenvalue weighted by Crippen LogP contribution is -2.21. The minimum atomic E-state index is -0.0956. The highest BCUT2D eigenvalue weighted by atomic mass is 35.5. The average Bonchev–Trinajstić information content (AvgIpc) is 2.95. The standard InChI is InChI=1S/C12H15ClN6O/c1-2-14-6-5-12(20)16-11-7-9(3-4-10(11)13)19-8-15-17-18-19/h3-4,7-8,14H,2,5-6H2,1H3,(H,16,20). The van der Waals surface area contributed by atoms with Crippen LogP contribution in [-0.2, 0) is 4.79 Å². The lowest BCUT2D eigenvalue weighted by molar-refractivity contribution is -0.116. The Kier molecular flexibility index (Phi) is 5.03. The van der Waals surface area contributed by atoms with E-state index in [0.717, 1.165) is 12.2 Å². The van der Waals surface area contributed by atoms with Crippen molar-refractivity contribution in [1.82, 2.24) is 25.5 Å². The summed E-state index contributed by atoms with van der Waals surface area (Å²) in [7, 11) is 0. The molecule has 1 aromatic carbocycles. The fourth-order valence-electron chi connectivity index (χ4n) is 1.62. The number of amides is 1. The summed E-state index contributed by atoms with van der Waals surface area (Å²) in [6, 6.07) is 5.19. The molecule has 1 amide bonds. The Bertz CT molecular complexity index is 571. The number of hydrogen-bond donors (Lipinski definition) is 2. The normalized spacial score (nSPS) is 10.5. The summed E-state index contributed by atoms with van der Waals surface area (Å²) < 4.78 is 1.49. The zero-order chi connectivity index (χ0) is 14.4. The molecular weight excluding hydrogens is 280 g/mol. The molecule has 0 aliphatic carbocycles. The molecule has 0 unspecified atom stereocenters. The van der Waals surface area contributed by atoms with Crippen molar-refractivity contribution in [3.63, 3.8) is 0 Å². The number of halogens is 1. The molecule has 1 aromatic heterocycles. The molecule has 106 valence electrons. The number of nitrogens with one attached hydrogen (secondary N) is 2. The van der Waals surface area contributed by atoms with E-state index >= 15 is 0 Å². The summed E-state index contributed by atoms with van der Waals surface area (Å²) >= 11 is 6.07. The molecule has 20 heavy (non-hydrogen) atoms. The number of anilines is 1. The van der Waals surface area contributed by atoms with Crippen LogP contribution < -0.4 is 10.6 Å². The fraction of sp³-hybridized carbons (Fsp3) is 0.333. The third-order valence-corrected chi connectivity index (χ3v) is 2.95. The van der Waals surface area contributed by atoms with Crippen molar-refractivity contribution in [2.75, 3.05) is 18.4 Å². The van der Waals surface area contributed by atoms with E-state index in [4.69, 9.17) is 11.6 Å². The number of carbonyl (C=O) groups is 1. The quantitative estimate of drug-likeness (QED) is 0.783. The number of hydrogen-bond acceptors (Lipinski definition) is 5. The Balaban J connectivity index is 2.07. The molecule has 0 aliphatic rings. The van der Waals surface area contributed by atoms with Crippen molar-refractivity contribution < 1.29 is 4.79 Å². The van der Waals surface area contributed by atoms with Gasteiger partial charge in [0.2, 0.25) is 5.91 Å². The zero-order valence-corrected chi connectivity index (χ0v) is 11.8. The predicted molar refractivity (Wildman–Crippen MR) is 76.0 cm³/mol. The zero-order valence-electron chi connectivity index (χ0n) is 11.0. The van der Waals surface area contributed by atoms with E-state index < -0.39 is 0 Å². The van der Waals surface area contributed by atoms with E-state index in [1.54, 1.807) is 18.2 Å². The second-order valence-electron chi connectivity index (χ2n) is 4.07. The van der Waals surface area contributed by atoms with E-state index in [2.05, 4.69) is 26.2 Å². The van der Waals surface area contributed by atoms with Gasteiger partial charge in [0, 0.05) is 13.0 Å². The molecule has 2 aromatic rings. The molecule has 7 nitrogen and oxygen atoms in total. The highest BCUT2D eigenvalue weighted by Gasteiger charge is 2.08. The molecule has 0 saturated heterocycles. The second-order valence-corrected chi connectivity index (χ2v) is 4.48. The third kappa shape index (κ3) is 3.75. The molecule has 0 bridgehead atoms. The van der Waals surface area contributed by atoms with Crippen LogP contribution in [0.1, 0.15) is 13.3 Å². The molecular formula is C12H15ClN6O. The number of nitrogens with zero attached hydrogens (tertiary/aromatic N) is 4. The molecule has 2 N–H and O–H groups in total. The maximum Gasteiger partial charge on any atom is 0.225 e. The first-order valence-electron chi connectivity index (χ1n) is 6.24. The van der Waals surface area contributed by atoms with Crippen molar-refractivity contribution in [3.8, 4) is 5.69 Å². The maximum absolute atomic E-state index is 11.8. The SMILES string of the molecule is CCNCCC(=O)Nc1cc(-n2cnnn2)ccc1Cl. The monoisotopic (exact) mass is 294 g/mol. The van der Waals surface area contributed by atoms with Crippen LogP contribution >= 0.6 is 11.6 Å². The van der Waals surface area contributed by atoms with Gasteiger partial charge in [0.05, 0.1) is 16.4 Å². The Labute approximate surface area is 121 Å². The van der Waals surface area contributed by atoms with Crippen molar-refractivity contribution in [1.29, 1.82) is 0 Å². The van der Waals surface area contributed by atoms with Crippen molar-refractivity contribution in [3.05, 3.63) is 29.5 Å². The number of benzene rings is 1. The average molecular weight is 295 g/mol. The van der Waals surface area contributed by atoms with Gasteiger partial charge in [0.15, 0.2) is 0 Å². The van der Waals surface area contributed by atoms with Crippen molar-refractivity contribution >= 4 is 23.2 Å². The topological polar surface area (TPSA) is 84.7 Å².